The highest BCUT2D eigenvalue weighted by Gasteiger charge is 2.14. The minimum atomic E-state index is -0.502. The molecule has 1 N–H and O–H groups in total. The van der Waals surface area contributed by atoms with Crippen LogP contribution < -0.4 is 5.32 Å². The lowest BCUT2D eigenvalue weighted by molar-refractivity contribution is 0.102. The molecule has 1 amide bonds. The van der Waals surface area contributed by atoms with E-state index in [9.17, 15) is 4.79 Å². The van der Waals surface area contributed by atoms with Crippen LogP contribution in [0.5, 0.6) is 0 Å². The summed E-state index contributed by atoms with van der Waals surface area (Å²) in [6, 6.07) is 15.8. The summed E-state index contributed by atoms with van der Waals surface area (Å²) in [5.74, 6) is -0.338. The number of rotatable bonds is 5. The molecule has 0 aromatic heterocycles. The fraction of sp³-hybridized carbons (Fsp3) is 0.118. The molecule has 2 rings (SSSR count). The topological polar surface area (TPSA) is 76.7 Å². The predicted octanol–water partition coefficient (Wildman–Crippen LogP) is 5.14. The van der Waals surface area contributed by atoms with Gasteiger partial charge in [-0.3, -0.25) is 4.79 Å². The first kappa shape index (κ1) is 18.2. The Morgan fingerprint density at radius 3 is 2.58 bits per heavy atom. The number of hydrogen-bond donors (Lipinski definition) is 1. The zero-order chi connectivity index (χ0) is 17.5. The minimum Gasteiger partial charge on any atom is -0.321 e. The van der Waals surface area contributed by atoms with Gasteiger partial charge in [0.05, 0.1) is 34.3 Å². The van der Waals surface area contributed by atoms with Crippen molar-refractivity contribution in [2.75, 3.05) is 5.32 Å². The summed E-state index contributed by atoms with van der Waals surface area (Å²) >= 11 is 13.0. The van der Waals surface area contributed by atoms with Crippen LogP contribution in [-0.2, 0) is 0 Å². The lowest BCUT2D eigenvalue weighted by atomic mass is 10.2. The van der Waals surface area contributed by atoms with Gasteiger partial charge in [0.15, 0.2) is 0 Å². The number of carbonyl (C=O) groups excluding carboxylic acids is 1. The number of amides is 1. The second-order valence-corrected chi connectivity index (χ2v) is 6.74. The molecule has 0 aliphatic heterocycles. The van der Waals surface area contributed by atoms with Gasteiger partial charge in [0.2, 0.25) is 0 Å². The second kappa shape index (κ2) is 8.61. The Balaban J connectivity index is 2.20. The van der Waals surface area contributed by atoms with Crippen molar-refractivity contribution in [1.82, 2.24) is 0 Å². The number of thioether (sulfide) groups is 1. The van der Waals surface area contributed by atoms with Gasteiger partial charge in [-0.25, -0.2) is 0 Å². The third kappa shape index (κ3) is 4.66. The monoisotopic (exact) mass is 375 g/mol. The van der Waals surface area contributed by atoms with Gasteiger partial charge in [-0.05, 0) is 30.3 Å². The summed E-state index contributed by atoms with van der Waals surface area (Å²) < 4.78 is 0. The molecule has 0 aliphatic rings. The number of hydrogen-bond acceptors (Lipinski definition) is 4. The molecule has 2 aromatic rings. The Labute approximate surface area is 154 Å². The lowest BCUT2D eigenvalue weighted by Crippen LogP contribution is -2.13. The van der Waals surface area contributed by atoms with Crippen LogP contribution in [0.15, 0.2) is 47.4 Å². The van der Waals surface area contributed by atoms with E-state index in [1.807, 2.05) is 6.07 Å². The summed E-state index contributed by atoms with van der Waals surface area (Å²) in [5, 5.41) is 20.8. The third-order valence-corrected chi connectivity index (χ3v) is 4.91. The first-order valence-corrected chi connectivity index (χ1v) is 8.47. The maximum Gasteiger partial charge on any atom is 0.255 e. The van der Waals surface area contributed by atoms with E-state index in [0.717, 1.165) is 0 Å². The Morgan fingerprint density at radius 2 is 1.92 bits per heavy atom. The summed E-state index contributed by atoms with van der Waals surface area (Å²) in [6.07, 6.45) is 0.107. The number of nitrogens with one attached hydrogen (secondary N) is 1. The first-order chi connectivity index (χ1) is 11.5. The van der Waals surface area contributed by atoms with E-state index >= 15 is 0 Å². The van der Waals surface area contributed by atoms with Crippen LogP contribution >= 0.6 is 35.0 Å². The molecule has 0 heterocycles. The van der Waals surface area contributed by atoms with Crippen LogP contribution in [0.2, 0.25) is 10.0 Å². The molecular weight excluding hydrogens is 365 g/mol. The van der Waals surface area contributed by atoms with Gasteiger partial charge in [0.25, 0.3) is 5.91 Å². The van der Waals surface area contributed by atoms with E-state index in [2.05, 4.69) is 11.4 Å². The molecule has 0 radical (unpaired) electrons. The Kier molecular flexibility index (Phi) is 6.52. The molecule has 2 aromatic carbocycles. The molecule has 0 aliphatic carbocycles. The standard InChI is InChI=1S/C17H11Cl2N3OS/c18-13-6-5-11(9-14(13)19)17(23)22-15-3-1-2-4-16(15)24-12(10-21)7-8-20/h1-6,9,12H,7H2,(H,22,23). The Hall–Kier alpha value is -2.18. The molecule has 0 spiro atoms. The average molecular weight is 376 g/mol. The Morgan fingerprint density at radius 1 is 1.17 bits per heavy atom. The van der Waals surface area contributed by atoms with Crippen molar-refractivity contribution in [3.8, 4) is 12.1 Å². The number of para-hydroxylation sites is 1. The number of halogens is 2. The van der Waals surface area contributed by atoms with E-state index in [0.29, 0.717) is 26.2 Å². The third-order valence-electron chi connectivity index (χ3n) is 3.01. The molecule has 4 nitrogen and oxygen atoms in total. The fourth-order valence-corrected chi connectivity index (χ4v) is 3.07. The van der Waals surface area contributed by atoms with Crippen LogP contribution in [0.4, 0.5) is 5.69 Å². The molecule has 0 bridgehead atoms. The van der Waals surface area contributed by atoms with Crippen LogP contribution in [0.25, 0.3) is 0 Å². The van der Waals surface area contributed by atoms with E-state index in [4.69, 9.17) is 33.7 Å². The highest BCUT2D eigenvalue weighted by atomic mass is 35.5. The van der Waals surface area contributed by atoms with Crippen LogP contribution in [-0.4, -0.2) is 11.2 Å². The highest BCUT2D eigenvalue weighted by molar-refractivity contribution is 8.00. The van der Waals surface area contributed by atoms with Gasteiger partial charge < -0.3 is 5.32 Å². The maximum absolute atomic E-state index is 12.4. The second-order valence-electron chi connectivity index (χ2n) is 4.68. The predicted molar refractivity (Wildman–Crippen MR) is 96.3 cm³/mol. The zero-order valence-electron chi connectivity index (χ0n) is 12.3. The molecule has 1 atom stereocenters. The molecule has 1 unspecified atom stereocenters. The fourth-order valence-electron chi connectivity index (χ4n) is 1.85. The van der Waals surface area contributed by atoms with Crippen LogP contribution in [0.1, 0.15) is 16.8 Å². The van der Waals surface area contributed by atoms with Crippen molar-refractivity contribution < 1.29 is 4.79 Å². The van der Waals surface area contributed by atoms with Crippen molar-refractivity contribution in [3.63, 3.8) is 0 Å². The van der Waals surface area contributed by atoms with Crippen molar-refractivity contribution in [2.45, 2.75) is 16.6 Å². The number of nitrogens with zero attached hydrogens (tertiary/aromatic N) is 2. The van der Waals surface area contributed by atoms with Gasteiger partial charge in [-0.2, -0.15) is 10.5 Å². The van der Waals surface area contributed by atoms with Gasteiger partial charge >= 0.3 is 0 Å². The zero-order valence-corrected chi connectivity index (χ0v) is 14.6. The van der Waals surface area contributed by atoms with Crippen LogP contribution in [0, 0.1) is 22.7 Å². The van der Waals surface area contributed by atoms with E-state index in [-0.39, 0.29) is 12.3 Å². The number of carbonyl (C=O) groups is 1. The lowest BCUT2D eigenvalue weighted by Gasteiger charge is -2.12. The number of nitriles is 2. The van der Waals surface area contributed by atoms with Gasteiger partial charge in [-0.1, -0.05) is 35.3 Å². The minimum absolute atomic E-state index is 0.107. The molecule has 120 valence electrons. The molecule has 24 heavy (non-hydrogen) atoms. The molecule has 7 heteroatoms. The smallest absolute Gasteiger partial charge is 0.255 e. The quantitative estimate of drug-likeness (QED) is 0.733. The molecular formula is C17H11Cl2N3OS. The van der Waals surface area contributed by atoms with Gasteiger partial charge in [0, 0.05) is 10.5 Å². The summed E-state index contributed by atoms with van der Waals surface area (Å²) in [7, 11) is 0. The molecule has 0 saturated heterocycles. The van der Waals surface area contributed by atoms with Crippen molar-refractivity contribution >= 4 is 46.6 Å². The van der Waals surface area contributed by atoms with Crippen molar-refractivity contribution in [2.24, 2.45) is 0 Å². The van der Waals surface area contributed by atoms with E-state index < -0.39 is 5.25 Å². The van der Waals surface area contributed by atoms with E-state index in [1.54, 1.807) is 36.4 Å². The summed E-state index contributed by atoms with van der Waals surface area (Å²) in [4.78, 5) is 13.1. The van der Waals surface area contributed by atoms with Crippen LogP contribution in [0.3, 0.4) is 0 Å². The number of benzene rings is 2. The summed E-state index contributed by atoms with van der Waals surface area (Å²) in [5.41, 5.74) is 0.940. The average Bonchev–Trinajstić information content (AvgIpc) is 2.58. The van der Waals surface area contributed by atoms with E-state index in [1.165, 1.54) is 17.8 Å². The van der Waals surface area contributed by atoms with Crippen molar-refractivity contribution in [1.29, 1.82) is 10.5 Å². The van der Waals surface area contributed by atoms with Crippen molar-refractivity contribution in [3.05, 3.63) is 58.1 Å². The summed E-state index contributed by atoms with van der Waals surface area (Å²) in [6.45, 7) is 0. The first-order valence-electron chi connectivity index (χ1n) is 6.83. The van der Waals surface area contributed by atoms with Gasteiger partial charge in [0.1, 0.15) is 5.25 Å². The SMILES string of the molecule is N#CCC(C#N)Sc1ccccc1NC(=O)c1ccc(Cl)c(Cl)c1. The normalized spacial score (nSPS) is 11.2. The highest BCUT2D eigenvalue weighted by Crippen LogP contribution is 2.32. The molecule has 0 saturated carbocycles. The maximum atomic E-state index is 12.4. The largest absolute Gasteiger partial charge is 0.321 e. The van der Waals surface area contributed by atoms with Gasteiger partial charge in [-0.15, -0.1) is 11.8 Å². The molecule has 0 fully saturated rings. The number of anilines is 1. The Bertz CT molecular complexity index is 842.